The van der Waals surface area contributed by atoms with Crippen LogP contribution in [0.5, 0.6) is 0 Å². The van der Waals surface area contributed by atoms with Crippen LogP contribution >= 0.6 is 0 Å². The smallest absolute Gasteiger partial charge is 0.114 e. The van der Waals surface area contributed by atoms with Crippen LogP contribution in [-0.4, -0.2) is 59.6 Å². The highest BCUT2D eigenvalue weighted by molar-refractivity contribution is 4.89. The van der Waals surface area contributed by atoms with Gasteiger partial charge in [0.05, 0.1) is 13.2 Å². The number of hydrogen-bond acceptors (Lipinski definition) is 5. The lowest BCUT2D eigenvalue weighted by molar-refractivity contribution is -0.0937. The number of aliphatic hydroxyl groups is 3. The maximum absolute atomic E-state index is 9.83. The summed E-state index contributed by atoms with van der Waals surface area (Å²) in [4.78, 5) is 0. The second-order valence-corrected chi connectivity index (χ2v) is 6.62. The third-order valence-electron chi connectivity index (χ3n) is 4.45. The number of rotatable bonds is 14. The number of hydrogen-bond donors (Lipinski definition) is 3. The lowest BCUT2D eigenvalue weighted by atomic mass is 10.1. The van der Waals surface area contributed by atoms with Gasteiger partial charge in [0.25, 0.3) is 0 Å². The Labute approximate surface area is 146 Å². The highest BCUT2D eigenvalue weighted by Gasteiger charge is 2.40. The topological polar surface area (TPSA) is 79.2 Å². The summed E-state index contributed by atoms with van der Waals surface area (Å²) in [5.41, 5.74) is 0. The van der Waals surface area contributed by atoms with Gasteiger partial charge in [0.15, 0.2) is 0 Å². The van der Waals surface area contributed by atoms with Gasteiger partial charge in [-0.05, 0) is 32.1 Å². The molecular weight excluding hydrogens is 308 g/mol. The molecule has 5 nitrogen and oxygen atoms in total. The summed E-state index contributed by atoms with van der Waals surface area (Å²) in [6, 6.07) is 0. The van der Waals surface area contributed by atoms with E-state index in [1.54, 1.807) is 0 Å². The minimum atomic E-state index is -1.01. The molecule has 0 spiro atoms. The normalized spacial score (nSPS) is 25.6. The molecule has 142 valence electrons. The van der Waals surface area contributed by atoms with E-state index in [4.69, 9.17) is 14.6 Å². The van der Waals surface area contributed by atoms with E-state index in [1.807, 2.05) is 0 Å². The summed E-state index contributed by atoms with van der Waals surface area (Å²) >= 11 is 0. The predicted molar refractivity (Wildman–Crippen MR) is 94.9 cm³/mol. The van der Waals surface area contributed by atoms with Gasteiger partial charge < -0.3 is 24.8 Å². The molecule has 1 fully saturated rings. The maximum Gasteiger partial charge on any atom is 0.114 e. The summed E-state index contributed by atoms with van der Waals surface area (Å²) in [5.74, 6) is 0. The average molecular weight is 344 g/mol. The largest absolute Gasteiger partial charge is 0.394 e. The molecular formula is C19H36O5. The lowest BCUT2D eigenvalue weighted by Gasteiger charge is -2.23. The molecule has 1 aliphatic rings. The van der Waals surface area contributed by atoms with E-state index in [9.17, 15) is 10.2 Å². The maximum atomic E-state index is 9.83. The van der Waals surface area contributed by atoms with E-state index < -0.39 is 24.4 Å². The van der Waals surface area contributed by atoms with E-state index in [1.165, 1.54) is 38.5 Å². The van der Waals surface area contributed by atoms with Crippen LogP contribution in [0.25, 0.3) is 0 Å². The molecule has 3 N–H and O–H groups in total. The Morgan fingerprint density at radius 3 is 2.42 bits per heavy atom. The Kier molecular flexibility index (Phi) is 12.4. The highest BCUT2D eigenvalue weighted by atomic mass is 16.6. The Balaban J connectivity index is 2.01. The van der Waals surface area contributed by atoms with Crippen LogP contribution in [-0.2, 0) is 9.47 Å². The molecule has 5 heteroatoms. The van der Waals surface area contributed by atoms with Crippen molar-refractivity contribution in [1.29, 1.82) is 0 Å². The van der Waals surface area contributed by atoms with Crippen molar-refractivity contribution in [3.8, 4) is 0 Å². The van der Waals surface area contributed by atoms with E-state index in [2.05, 4.69) is 19.1 Å². The molecule has 0 aromatic carbocycles. The van der Waals surface area contributed by atoms with Crippen LogP contribution in [0.4, 0.5) is 0 Å². The second-order valence-electron chi connectivity index (χ2n) is 6.62. The zero-order valence-electron chi connectivity index (χ0n) is 15.1. The zero-order valence-corrected chi connectivity index (χ0v) is 15.1. The second kappa shape index (κ2) is 13.8. The minimum Gasteiger partial charge on any atom is -0.394 e. The van der Waals surface area contributed by atoms with Crippen molar-refractivity contribution in [3.05, 3.63) is 12.2 Å². The SMILES string of the molecule is CCCCCCC/C=C/CCCCO[C@@H]1[C@H]([C@H](O)CO)OC[C@@H]1O. The molecule has 1 aliphatic heterocycles. The molecule has 0 aromatic rings. The summed E-state index contributed by atoms with van der Waals surface area (Å²) < 4.78 is 11.0. The van der Waals surface area contributed by atoms with Crippen molar-refractivity contribution in [2.24, 2.45) is 0 Å². The van der Waals surface area contributed by atoms with Gasteiger partial charge in [-0.25, -0.2) is 0 Å². The summed E-state index contributed by atoms with van der Waals surface area (Å²) in [5, 5.41) is 28.5. The molecule has 0 radical (unpaired) electrons. The van der Waals surface area contributed by atoms with E-state index in [0.29, 0.717) is 6.61 Å². The van der Waals surface area contributed by atoms with Crippen molar-refractivity contribution in [1.82, 2.24) is 0 Å². The molecule has 0 aromatic heterocycles. The van der Waals surface area contributed by atoms with Gasteiger partial charge in [0.1, 0.15) is 24.4 Å². The van der Waals surface area contributed by atoms with Crippen LogP contribution in [0.1, 0.15) is 64.7 Å². The molecule has 1 heterocycles. The minimum absolute atomic E-state index is 0.146. The first-order valence-electron chi connectivity index (χ1n) is 9.55. The number of aliphatic hydroxyl groups excluding tert-OH is 3. The highest BCUT2D eigenvalue weighted by Crippen LogP contribution is 2.21. The standard InChI is InChI=1S/C19H36O5/c1-2-3-4-5-6-7-8-9-10-11-12-13-23-19-17(22)15-24-18(19)16(21)14-20/h8-9,16-22H,2-7,10-15H2,1H3/b9-8+/t16-,17+,18+,19+/m1/s1. The predicted octanol–water partition coefficient (Wildman–Crippen LogP) is 2.57. The first-order valence-corrected chi connectivity index (χ1v) is 9.55. The molecule has 1 rings (SSSR count). The molecule has 0 saturated carbocycles. The Morgan fingerprint density at radius 1 is 1.08 bits per heavy atom. The molecule has 0 unspecified atom stereocenters. The number of ether oxygens (including phenoxy) is 2. The fourth-order valence-corrected chi connectivity index (χ4v) is 2.94. The fourth-order valence-electron chi connectivity index (χ4n) is 2.94. The van der Waals surface area contributed by atoms with Crippen LogP contribution < -0.4 is 0 Å². The Morgan fingerprint density at radius 2 is 1.75 bits per heavy atom. The summed E-state index contributed by atoms with van der Waals surface area (Å²) in [6.45, 7) is 2.53. The lowest BCUT2D eigenvalue weighted by Crippen LogP contribution is -2.42. The van der Waals surface area contributed by atoms with Crippen LogP contribution in [0.15, 0.2) is 12.2 Å². The van der Waals surface area contributed by atoms with Gasteiger partial charge in [-0.15, -0.1) is 0 Å². The van der Waals surface area contributed by atoms with Crippen LogP contribution in [0.3, 0.4) is 0 Å². The molecule has 4 atom stereocenters. The number of allylic oxidation sites excluding steroid dienone is 2. The average Bonchev–Trinajstić information content (AvgIpc) is 2.96. The molecule has 24 heavy (non-hydrogen) atoms. The van der Waals surface area contributed by atoms with Crippen LogP contribution in [0, 0.1) is 0 Å². The molecule has 1 saturated heterocycles. The molecule has 0 bridgehead atoms. The number of unbranched alkanes of at least 4 members (excludes halogenated alkanes) is 7. The quantitative estimate of drug-likeness (QED) is 0.333. The van der Waals surface area contributed by atoms with Gasteiger partial charge in [-0.3, -0.25) is 0 Å². The van der Waals surface area contributed by atoms with E-state index in [-0.39, 0.29) is 13.2 Å². The molecule has 0 amide bonds. The Hall–Kier alpha value is -0.460. The monoisotopic (exact) mass is 344 g/mol. The summed E-state index contributed by atoms with van der Waals surface area (Å²) in [6.07, 6.45) is 12.4. The third kappa shape index (κ3) is 8.58. The zero-order chi connectivity index (χ0) is 17.6. The van der Waals surface area contributed by atoms with Gasteiger partial charge in [-0.1, -0.05) is 44.8 Å². The van der Waals surface area contributed by atoms with Crippen molar-refractivity contribution in [2.45, 2.75) is 89.1 Å². The van der Waals surface area contributed by atoms with Crippen LogP contribution in [0.2, 0.25) is 0 Å². The fraction of sp³-hybridized carbons (Fsp3) is 0.895. The van der Waals surface area contributed by atoms with Gasteiger partial charge in [0, 0.05) is 6.61 Å². The molecule has 0 aliphatic carbocycles. The van der Waals surface area contributed by atoms with Gasteiger partial charge >= 0.3 is 0 Å². The van der Waals surface area contributed by atoms with E-state index in [0.717, 1.165) is 19.3 Å². The first-order chi connectivity index (χ1) is 11.7. The summed E-state index contributed by atoms with van der Waals surface area (Å²) in [7, 11) is 0. The van der Waals surface area contributed by atoms with Crippen molar-refractivity contribution in [3.63, 3.8) is 0 Å². The van der Waals surface area contributed by atoms with E-state index >= 15 is 0 Å². The third-order valence-corrected chi connectivity index (χ3v) is 4.45. The van der Waals surface area contributed by atoms with Crippen molar-refractivity contribution < 1.29 is 24.8 Å². The van der Waals surface area contributed by atoms with Gasteiger partial charge in [-0.2, -0.15) is 0 Å². The first kappa shape index (κ1) is 21.6. The van der Waals surface area contributed by atoms with Gasteiger partial charge in [0.2, 0.25) is 0 Å². The van der Waals surface area contributed by atoms with Crippen molar-refractivity contribution >= 4 is 0 Å². The van der Waals surface area contributed by atoms with Crippen molar-refractivity contribution in [2.75, 3.05) is 19.8 Å². The Bertz CT molecular complexity index is 321.